The van der Waals surface area contributed by atoms with Gasteiger partial charge in [0.2, 0.25) is 0 Å². The number of oxime groups is 1. The molecule has 0 radical (unpaired) electrons. The second kappa shape index (κ2) is 10.1. The van der Waals surface area contributed by atoms with Crippen LogP contribution in [0, 0.1) is 0 Å². The van der Waals surface area contributed by atoms with E-state index in [0.29, 0.717) is 19.0 Å². The minimum absolute atomic E-state index is 0.163. The third kappa shape index (κ3) is 4.86. The van der Waals surface area contributed by atoms with Crippen LogP contribution < -0.4 is 20.9 Å². The number of hydrogen-bond donors (Lipinski definition) is 2. The van der Waals surface area contributed by atoms with Gasteiger partial charge in [-0.1, -0.05) is 23.4 Å². The summed E-state index contributed by atoms with van der Waals surface area (Å²) in [6.07, 6.45) is 5.55. The van der Waals surface area contributed by atoms with Crippen LogP contribution in [0.1, 0.15) is 50.7 Å². The second-order valence-corrected chi connectivity index (χ2v) is 9.90. The Morgan fingerprint density at radius 3 is 2.50 bits per heavy atom. The Morgan fingerprint density at radius 2 is 1.72 bits per heavy atom. The van der Waals surface area contributed by atoms with E-state index in [0.717, 1.165) is 65.3 Å². The van der Waals surface area contributed by atoms with Crippen molar-refractivity contribution in [3.8, 4) is 22.8 Å². The highest BCUT2D eigenvalue weighted by Crippen LogP contribution is 2.45. The van der Waals surface area contributed by atoms with Gasteiger partial charge in [-0.3, -0.25) is 0 Å². The third-order valence-electron chi connectivity index (χ3n) is 6.96. The molecule has 188 valence electrons. The number of nitrogens with two attached hydrogens (primary N) is 2. The van der Waals surface area contributed by atoms with Gasteiger partial charge in [0, 0.05) is 28.1 Å². The van der Waals surface area contributed by atoms with Crippen LogP contribution in [0.4, 0.5) is 5.82 Å². The second-order valence-electron chi connectivity index (χ2n) is 9.90. The zero-order valence-electron chi connectivity index (χ0n) is 20.8. The Hall–Kier alpha value is -3.65. The van der Waals surface area contributed by atoms with Gasteiger partial charge in [0.25, 0.3) is 0 Å². The third-order valence-corrected chi connectivity index (χ3v) is 6.96. The highest BCUT2D eigenvalue weighted by Gasteiger charge is 2.41. The lowest BCUT2D eigenvalue weighted by Gasteiger charge is -2.35. The molecule has 8 heteroatoms. The van der Waals surface area contributed by atoms with Gasteiger partial charge in [-0.15, -0.1) is 0 Å². The summed E-state index contributed by atoms with van der Waals surface area (Å²) in [4.78, 5) is 14.6. The van der Waals surface area contributed by atoms with Crippen molar-refractivity contribution in [2.45, 2.75) is 57.1 Å². The van der Waals surface area contributed by atoms with E-state index >= 15 is 0 Å². The van der Waals surface area contributed by atoms with Crippen molar-refractivity contribution in [1.29, 1.82) is 0 Å². The summed E-state index contributed by atoms with van der Waals surface area (Å²) in [5.41, 5.74) is 16.1. The fourth-order valence-electron chi connectivity index (χ4n) is 5.06. The Morgan fingerprint density at radius 1 is 0.944 bits per heavy atom. The molecule has 1 fully saturated rings. The first-order valence-corrected chi connectivity index (χ1v) is 12.5. The Bertz CT molecular complexity index is 1240. The maximum Gasteiger partial charge on any atom is 0.151 e. The van der Waals surface area contributed by atoms with E-state index in [1.54, 1.807) is 0 Å². The minimum atomic E-state index is -0.579. The van der Waals surface area contributed by atoms with E-state index in [1.165, 1.54) is 6.33 Å². The smallest absolute Gasteiger partial charge is 0.151 e. The first kappa shape index (κ1) is 24.1. The monoisotopic (exact) mass is 487 g/mol. The van der Waals surface area contributed by atoms with Crippen LogP contribution in [0.3, 0.4) is 0 Å². The number of fused-ring (bicyclic) bond motifs is 3. The molecular formula is C28H33N5O3. The maximum absolute atomic E-state index is 6.36. The fourth-order valence-corrected chi connectivity index (χ4v) is 5.06. The van der Waals surface area contributed by atoms with Gasteiger partial charge >= 0.3 is 0 Å². The van der Waals surface area contributed by atoms with Crippen LogP contribution in [0.25, 0.3) is 11.3 Å². The lowest BCUT2D eigenvalue weighted by atomic mass is 9.70. The molecule has 36 heavy (non-hydrogen) atoms. The number of para-hydroxylation sites is 1. The molecule has 1 saturated carbocycles. The van der Waals surface area contributed by atoms with Crippen LogP contribution in [0.15, 0.2) is 60.0 Å². The number of benzene rings is 2. The Labute approximate surface area is 211 Å². The van der Waals surface area contributed by atoms with E-state index in [1.807, 2.05) is 48.5 Å². The van der Waals surface area contributed by atoms with Crippen LogP contribution in [-0.2, 0) is 10.3 Å². The fraction of sp³-hybridized carbons (Fsp3) is 0.393. The average molecular weight is 488 g/mol. The van der Waals surface area contributed by atoms with Gasteiger partial charge in [0.1, 0.15) is 30.3 Å². The van der Waals surface area contributed by atoms with Gasteiger partial charge in [-0.2, -0.15) is 0 Å². The molecule has 0 bridgehead atoms. The van der Waals surface area contributed by atoms with Gasteiger partial charge in [0.05, 0.1) is 17.5 Å². The minimum Gasteiger partial charge on any atom is -0.490 e. The summed E-state index contributed by atoms with van der Waals surface area (Å²) in [5, 5.41) is 4.60. The van der Waals surface area contributed by atoms with Crippen molar-refractivity contribution < 1.29 is 14.3 Å². The van der Waals surface area contributed by atoms with Gasteiger partial charge in [-0.05, 0) is 69.9 Å². The number of aromatic nitrogens is 2. The molecule has 0 saturated heterocycles. The van der Waals surface area contributed by atoms with E-state index < -0.39 is 5.41 Å². The molecule has 0 atom stereocenters. The summed E-state index contributed by atoms with van der Waals surface area (Å²) in [6.45, 7) is 4.80. The molecular weight excluding hydrogens is 454 g/mol. The molecule has 3 aromatic rings. The van der Waals surface area contributed by atoms with Crippen molar-refractivity contribution in [2.24, 2.45) is 10.9 Å². The zero-order chi connectivity index (χ0) is 25.1. The normalized spacial score (nSPS) is 21.4. The number of hydrogen-bond acceptors (Lipinski definition) is 8. The molecule has 5 rings (SSSR count). The molecule has 0 spiro atoms. The Kier molecular flexibility index (Phi) is 6.78. The molecule has 0 amide bonds. The van der Waals surface area contributed by atoms with Crippen LogP contribution in [0.2, 0.25) is 0 Å². The van der Waals surface area contributed by atoms with Crippen molar-refractivity contribution in [1.82, 2.24) is 9.97 Å². The van der Waals surface area contributed by atoms with Crippen LogP contribution in [0.5, 0.6) is 11.5 Å². The standard InChI is InChI=1S/C28H33N5O3/c1-28(2)24-25(31-17-32-27(24)30)22-13-12-21(36-20-10-8-18(29)9-11-20)16-23(22)26(28)33-35-15-14-34-19-6-4-3-5-7-19/h3-7,12-13,16-18,20H,8-11,14-15,29H2,1-2H3,(H2,30,31,32)/b33-26+/t18-,20+. The molecule has 2 aliphatic carbocycles. The van der Waals surface area contributed by atoms with Gasteiger partial charge in [-0.25, -0.2) is 9.97 Å². The maximum atomic E-state index is 6.36. The summed E-state index contributed by atoms with van der Waals surface area (Å²) >= 11 is 0. The quantitative estimate of drug-likeness (QED) is 0.373. The number of rotatable bonds is 7. The van der Waals surface area contributed by atoms with Gasteiger partial charge < -0.3 is 25.8 Å². The molecule has 0 unspecified atom stereocenters. The first-order valence-electron chi connectivity index (χ1n) is 12.5. The zero-order valence-corrected chi connectivity index (χ0v) is 20.8. The predicted octanol–water partition coefficient (Wildman–Crippen LogP) is 4.47. The molecule has 2 aliphatic rings. The molecule has 1 aromatic heterocycles. The van der Waals surface area contributed by atoms with Crippen LogP contribution >= 0.6 is 0 Å². The van der Waals surface area contributed by atoms with E-state index in [9.17, 15) is 0 Å². The van der Waals surface area contributed by atoms with Gasteiger partial charge in [0.15, 0.2) is 6.61 Å². The summed E-state index contributed by atoms with van der Waals surface area (Å²) in [6, 6.07) is 16.0. The average Bonchev–Trinajstić information content (AvgIpc) is 2.87. The summed E-state index contributed by atoms with van der Waals surface area (Å²) in [7, 11) is 0. The number of ether oxygens (including phenoxy) is 2. The van der Waals surface area contributed by atoms with E-state index in [2.05, 4.69) is 29.0 Å². The molecule has 1 heterocycles. The predicted molar refractivity (Wildman–Crippen MR) is 140 cm³/mol. The molecule has 4 N–H and O–H groups in total. The SMILES string of the molecule is CC1(C)/C(=N/OCCOc2ccccc2)c2cc(O[C@H]3CC[C@@H](N)CC3)ccc2-c2ncnc(N)c21. The van der Waals surface area contributed by atoms with E-state index in [-0.39, 0.29) is 12.1 Å². The van der Waals surface area contributed by atoms with E-state index in [4.69, 9.17) is 25.8 Å². The number of nitrogen functional groups attached to an aromatic ring is 1. The molecule has 2 aromatic carbocycles. The van der Waals surface area contributed by atoms with Crippen LogP contribution in [-0.4, -0.2) is 41.0 Å². The molecule has 0 aliphatic heterocycles. The highest BCUT2D eigenvalue weighted by atomic mass is 16.6. The van der Waals surface area contributed by atoms with Crippen molar-refractivity contribution in [2.75, 3.05) is 18.9 Å². The largest absolute Gasteiger partial charge is 0.490 e. The Balaban J connectivity index is 1.42. The highest BCUT2D eigenvalue weighted by molar-refractivity contribution is 6.15. The lowest BCUT2D eigenvalue weighted by Crippen LogP contribution is -2.36. The summed E-state index contributed by atoms with van der Waals surface area (Å²) < 4.78 is 12.1. The number of nitrogens with zero attached hydrogens (tertiary/aromatic N) is 3. The topological polar surface area (TPSA) is 118 Å². The van der Waals surface area contributed by atoms with Crippen molar-refractivity contribution in [3.63, 3.8) is 0 Å². The molecule has 8 nitrogen and oxygen atoms in total. The number of anilines is 1. The summed E-state index contributed by atoms with van der Waals surface area (Å²) in [5.74, 6) is 2.03. The first-order chi connectivity index (χ1) is 17.4. The lowest BCUT2D eigenvalue weighted by molar-refractivity contribution is 0.106. The van der Waals surface area contributed by atoms with Crippen molar-refractivity contribution >= 4 is 11.5 Å². The van der Waals surface area contributed by atoms with Crippen molar-refractivity contribution in [3.05, 3.63) is 66.0 Å².